The first kappa shape index (κ1) is 17.5. The third-order valence-corrected chi connectivity index (χ3v) is 3.77. The molecule has 0 aliphatic carbocycles. The number of amides is 1. The highest BCUT2D eigenvalue weighted by Crippen LogP contribution is 2.25. The SMILES string of the molecule is O=C(O)/C(=C/c1ccc(-c2cccc(Cl)c2)o1)NC(=O)c1ccccc1. The zero-order chi connectivity index (χ0) is 18.5. The quantitative estimate of drug-likeness (QED) is 0.653. The number of halogens is 1. The predicted molar refractivity (Wildman–Crippen MR) is 98.7 cm³/mol. The summed E-state index contributed by atoms with van der Waals surface area (Å²) in [6, 6.07) is 18.8. The number of carbonyl (C=O) groups is 2. The van der Waals surface area contributed by atoms with Crippen LogP contribution in [-0.2, 0) is 4.79 Å². The van der Waals surface area contributed by atoms with E-state index in [1.54, 1.807) is 60.7 Å². The Labute approximate surface area is 154 Å². The molecule has 2 N–H and O–H groups in total. The standard InChI is InChI=1S/C20H14ClNO4/c21-15-8-4-7-14(11-15)18-10-9-16(26-18)12-17(20(24)25)22-19(23)13-5-2-1-3-6-13/h1-12H,(H,22,23)(H,24,25)/b17-12-. The molecule has 0 aliphatic rings. The minimum absolute atomic E-state index is 0.286. The number of aliphatic carboxylic acids is 1. The van der Waals surface area contributed by atoms with Crippen LogP contribution < -0.4 is 5.32 Å². The molecule has 0 saturated heterocycles. The molecule has 3 aromatic rings. The van der Waals surface area contributed by atoms with Crippen LogP contribution >= 0.6 is 11.6 Å². The fraction of sp³-hybridized carbons (Fsp3) is 0. The van der Waals surface area contributed by atoms with Gasteiger partial charge in [-0.25, -0.2) is 4.79 Å². The molecule has 26 heavy (non-hydrogen) atoms. The van der Waals surface area contributed by atoms with Crippen molar-refractivity contribution in [3.63, 3.8) is 0 Å². The molecule has 0 aliphatic heterocycles. The Bertz CT molecular complexity index is 976. The summed E-state index contributed by atoms with van der Waals surface area (Å²) < 4.78 is 5.64. The minimum atomic E-state index is -1.27. The molecule has 0 unspecified atom stereocenters. The molecule has 1 aromatic heterocycles. The second kappa shape index (κ2) is 7.72. The van der Waals surface area contributed by atoms with Gasteiger partial charge in [0.2, 0.25) is 0 Å². The van der Waals surface area contributed by atoms with Gasteiger partial charge in [0.15, 0.2) is 0 Å². The van der Waals surface area contributed by atoms with Crippen LogP contribution in [0.2, 0.25) is 5.02 Å². The van der Waals surface area contributed by atoms with E-state index in [4.69, 9.17) is 16.0 Å². The van der Waals surface area contributed by atoms with Crippen molar-refractivity contribution < 1.29 is 19.1 Å². The number of carboxylic acids is 1. The van der Waals surface area contributed by atoms with E-state index in [2.05, 4.69) is 5.32 Å². The van der Waals surface area contributed by atoms with E-state index in [9.17, 15) is 14.7 Å². The average molecular weight is 368 g/mol. The lowest BCUT2D eigenvalue weighted by Gasteiger charge is -2.05. The number of furan rings is 1. The number of hydrogen-bond donors (Lipinski definition) is 2. The summed E-state index contributed by atoms with van der Waals surface area (Å²) >= 11 is 5.96. The first-order chi connectivity index (χ1) is 12.5. The molecule has 3 rings (SSSR count). The van der Waals surface area contributed by atoms with Crippen LogP contribution in [0.1, 0.15) is 16.1 Å². The Hall–Kier alpha value is -3.31. The predicted octanol–water partition coefficient (Wildman–Crippen LogP) is 4.46. The molecule has 0 bridgehead atoms. The van der Waals surface area contributed by atoms with E-state index in [0.717, 1.165) is 5.56 Å². The Morgan fingerprint density at radius 2 is 1.77 bits per heavy atom. The first-order valence-corrected chi connectivity index (χ1v) is 8.08. The number of carbonyl (C=O) groups excluding carboxylic acids is 1. The molecule has 0 atom stereocenters. The highest BCUT2D eigenvalue weighted by Gasteiger charge is 2.14. The Morgan fingerprint density at radius 3 is 2.46 bits per heavy atom. The van der Waals surface area contributed by atoms with E-state index in [1.165, 1.54) is 6.08 Å². The van der Waals surface area contributed by atoms with E-state index in [0.29, 0.717) is 22.1 Å². The summed E-state index contributed by atoms with van der Waals surface area (Å²) in [5.74, 6) is -0.945. The lowest BCUT2D eigenvalue weighted by atomic mass is 10.2. The first-order valence-electron chi connectivity index (χ1n) is 7.70. The molecule has 2 aromatic carbocycles. The smallest absolute Gasteiger partial charge is 0.352 e. The van der Waals surface area contributed by atoms with Crippen LogP contribution in [0.25, 0.3) is 17.4 Å². The zero-order valence-corrected chi connectivity index (χ0v) is 14.2. The van der Waals surface area contributed by atoms with Gasteiger partial charge in [0.1, 0.15) is 17.2 Å². The van der Waals surface area contributed by atoms with Crippen molar-refractivity contribution in [2.45, 2.75) is 0 Å². The van der Waals surface area contributed by atoms with Gasteiger partial charge in [-0.15, -0.1) is 0 Å². The molecule has 0 fully saturated rings. The molecule has 6 heteroatoms. The van der Waals surface area contributed by atoms with Crippen molar-refractivity contribution in [3.8, 4) is 11.3 Å². The van der Waals surface area contributed by atoms with Crippen molar-refractivity contribution in [3.05, 3.63) is 88.8 Å². The normalized spacial score (nSPS) is 11.2. The van der Waals surface area contributed by atoms with Gasteiger partial charge in [-0.2, -0.15) is 0 Å². The van der Waals surface area contributed by atoms with Crippen LogP contribution in [-0.4, -0.2) is 17.0 Å². The maximum atomic E-state index is 12.2. The number of hydrogen-bond acceptors (Lipinski definition) is 3. The van der Waals surface area contributed by atoms with E-state index in [-0.39, 0.29) is 5.70 Å². The molecule has 5 nitrogen and oxygen atoms in total. The van der Waals surface area contributed by atoms with Crippen molar-refractivity contribution in [2.75, 3.05) is 0 Å². The average Bonchev–Trinajstić information content (AvgIpc) is 3.10. The van der Waals surface area contributed by atoms with Crippen LogP contribution in [0.15, 0.2) is 76.8 Å². The maximum Gasteiger partial charge on any atom is 0.352 e. The van der Waals surface area contributed by atoms with Crippen LogP contribution in [0.5, 0.6) is 0 Å². The Balaban J connectivity index is 1.84. The molecule has 0 saturated carbocycles. The molecule has 0 spiro atoms. The van der Waals surface area contributed by atoms with Crippen molar-refractivity contribution in [2.24, 2.45) is 0 Å². The highest BCUT2D eigenvalue weighted by atomic mass is 35.5. The zero-order valence-electron chi connectivity index (χ0n) is 13.5. The molecular formula is C20H14ClNO4. The van der Waals surface area contributed by atoms with Crippen LogP contribution in [0.3, 0.4) is 0 Å². The molecule has 1 amide bonds. The van der Waals surface area contributed by atoms with Gasteiger partial charge >= 0.3 is 5.97 Å². The number of benzene rings is 2. The van der Waals surface area contributed by atoms with E-state index in [1.807, 2.05) is 6.07 Å². The third-order valence-electron chi connectivity index (χ3n) is 3.54. The third kappa shape index (κ3) is 4.20. The second-order valence-electron chi connectivity index (χ2n) is 5.40. The summed E-state index contributed by atoms with van der Waals surface area (Å²) in [5.41, 5.74) is 0.840. The molecule has 130 valence electrons. The number of carboxylic acid groups (broad SMARTS) is 1. The summed E-state index contributed by atoms with van der Waals surface area (Å²) in [6.45, 7) is 0. The lowest BCUT2D eigenvalue weighted by molar-refractivity contribution is -0.132. The van der Waals surface area contributed by atoms with E-state index >= 15 is 0 Å². The molecule has 1 heterocycles. The Morgan fingerprint density at radius 1 is 1.00 bits per heavy atom. The lowest BCUT2D eigenvalue weighted by Crippen LogP contribution is -2.27. The van der Waals surface area contributed by atoms with Crippen molar-refractivity contribution in [1.29, 1.82) is 0 Å². The Kier molecular flexibility index (Phi) is 5.20. The van der Waals surface area contributed by atoms with Gasteiger partial charge in [0.05, 0.1) is 0 Å². The fourth-order valence-corrected chi connectivity index (χ4v) is 2.50. The van der Waals surface area contributed by atoms with E-state index < -0.39 is 11.9 Å². The second-order valence-corrected chi connectivity index (χ2v) is 5.83. The van der Waals surface area contributed by atoms with Gasteiger partial charge in [-0.3, -0.25) is 4.79 Å². The minimum Gasteiger partial charge on any atom is -0.477 e. The molecular weight excluding hydrogens is 354 g/mol. The fourth-order valence-electron chi connectivity index (χ4n) is 2.30. The largest absolute Gasteiger partial charge is 0.477 e. The highest BCUT2D eigenvalue weighted by molar-refractivity contribution is 6.30. The van der Waals surface area contributed by atoms with Crippen LogP contribution in [0.4, 0.5) is 0 Å². The van der Waals surface area contributed by atoms with Gasteiger partial charge < -0.3 is 14.8 Å². The van der Waals surface area contributed by atoms with Gasteiger partial charge in [-0.1, -0.05) is 41.9 Å². The summed E-state index contributed by atoms with van der Waals surface area (Å²) in [6.07, 6.45) is 1.26. The maximum absolute atomic E-state index is 12.2. The molecule has 0 radical (unpaired) electrons. The van der Waals surface area contributed by atoms with Crippen molar-refractivity contribution in [1.82, 2.24) is 5.32 Å². The number of nitrogens with one attached hydrogen (secondary N) is 1. The topological polar surface area (TPSA) is 79.5 Å². The van der Waals surface area contributed by atoms with Crippen molar-refractivity contribution >= 4 is 29.6 Å². The number of rotatable bonds is 5. The van der Waals surface area contributed by atoms with Gasteiger partial charge in [-0.05, 0) is 36.4 Å². The van der Waals surface area contributed by atoms with Gasteiger partial charge in [0.25, 0.3) is 5.91 Å². The monoisotopic (exact) mass is 367 g/mol. The van der Waals surface area contributed by atoms with Gasteiger partial charge in [0, 0.05) is 22.2 Å². The summed E-state index contributed by atoms with van der Waals surface area (Å²) in [4.78, 5) is 23.6. The van der Waals surface area contributed by atoms with Crippen LogP contribution in [0, 0.1) is 0 Å². The summed E-state index contributed by atoms with van der Waals surface area (Å²) in [7, 11) is 0. The summed E-state index contributed by atoms with van der Waals surface area (Å²) in [5, 5.41) is 12.3.